The standard InChI is InChI=1S/C15H10ClN3.C13H20.C13H19.C12H7ClN2.C11H20ClN5.C8H8.C4H10S.CH4.2Li/c16-11-9-14(12-5-1-3-7-17-12)19-15(10-11)13-6-2-4-8-18-13;2*1-4-11(2)10-12(3)13-8-6-5-7-9-13;13-10-7-8-3-1-5-14-11(8)12-9(10)4-2-6-15-12;1-5-16(6-2)10-13-9(12)14-11(15-10)17(7-3)8-4;1-2-8-6-4-3-5-7-8;1-2-3-4-5;;;/h1-10H;5-9,11-12H,4,10H2,1-3H3;5-9,11-12H,3-4,10H2,1-2H3;1-7H;5-8H2,1-4H3;2-7H,1H2;5H,2-4H2,1H3;1H4;;/q;;-1;;;;;;2*+1/p-1. The molecular formula is C77H97Cl3Li2N10S. The van der Waals surface area contributed by atoms with Gasteiger partial charge in [-0.2, -0.15) is 20.7 Å². The Kier molecular flexibility index (Phi) is 45.2. The van der Waals surface area contributed by atoms with E-state index in [1.807, 2.05) is 103 Å². The molecule has 0 saturated carbocycles. The zero-order valence-corrected chi connectivity index (χ0v) is 59.7. The topological polar surface area (TPSA) is 110 Å². The van der Waals surface area contributed by atoms with E-state index in [4.69, 9.17) is 34.8 Å². The Morgan fingerprint density at radius 3 is 1.39 bits per heavy atom. The van der Waals surface area contributed by atoms with Crippen molar-refractivity contribution in [1.82, 2.24) is 39.9 Å². The van der Waals surface area contributed by atoms with E-state index in [9.17, 15) is 0 Å². The number of hydrogen-bond donors (Lipinski definition) is 0. The predicted molar refractivity (Wildman–Crippen MR) is 398 cm³/mol. The predicted octanol–water partition coefficient (Wildman–Crippen LogP) is 16.1. The first kappa shape index (κ1) is 84.9. The molecule has 10 rings (SSSR count). The van der Waals surface area contributed by atoms with Crippen LogP contribution in [-0.4, -0.2) is 71.8 Å². The van der Waals surface area contributed by atoms with Crippen LogP contribution in [0.15, 0.2) is 201 Å². The number of benzene rings is 4. The van der Waals surface area contributed by atoms with Crippen LogP contribution in [0, 0.1) is 18.8 Å². The summed E-state index contributed by atoms with van der Waals surface area (Å²) >= 11 is 22.9. The van der Waals surface area contributed by atoms with Crippen molar-refractivity contribution in [3.63, 3.8) is 0 Å². The number of anilines is 2. The van der Waals surface area contributed by atoms with Crippen molar-refractivity contribution in [2.24, 2.45) is 11.8 Å². The average molecular weight is 1320 g/mol. The van der Waals surface area contributed by atoms with Crippen molar-refractivity contribution < 1.29 is 37.7 Å². The van der Waals surface area contributed by atoms with Gasteiger partial charge in [-0.3, -0.25) is 19.9 Å². The van der Waals surface area contributed by atoms with E-state index in [2.05, 4.69) is 206 Å². The fraction of sp³-hybridized carbons (Fsp3) is 0.338. The maximum Gasteiger partial charge on any atom is 1.00 e. The molecule has 10 nitrogen and oxygen atoms in total. The third-order valence-electron chi connectivity index (χ3n) is 14.7. The Hall–Kier alpha value is -6.09. The van der Waals surface area contributed by atoms with Gasteiger partial charge in [0.1, 0.15) is 0 Å². The fourth-order valence-electron chi connectivity index (χ4n) is 9.08. The average Bonchev–Trinajstić information content (AvgIpc) is 0.811. The fourth-order valence-corrected chi connectivity index (χ4v) is 10.00. The minimum absolute atomic E-state index is 0. The van der Waals surface area contributed by atoms with Gasteiger partial charge < -0.3 is 29.4 Å². The summed E-state index contributed by atoms with van der Waals surface area (Å²) < 4.78 is 0. The summed E-state index contributed by atoms with van der Waals surface area (Å²) in [6.45, 7) is 33.1. The molecule has 0 aliphatic carbocycles. The number of unbranched alkanes of at least 4 members (excludes halogenated alkanes) is 1. The molecule has 16 heteroatoms. The van der Waals surface area contributed by atoms with Gasteiger partial charge in [-0.1, -0.05) is 232 Å². The molecule has 0 aliphatic heterocycles. The van der Waals surface area contributed by atoms with Crippen LogP contribution in [0.2, 0.25) is 15.3 Å². The van der Waals surface area contributed by atoms with E-state index < -0.39 is 0 Å². The van der Waals surface area contributed by atoms with Crippen LogP contribution >= 0.6 is 34.8 Å². The molecule has 4 unspecified atom stereocenters. The van der Waals surface area contributed by atoms with Crippen molar-refractivity contribution in [3.05, 3.63) is 240 Å². The SMILES string of the molecule is C.C=Cc1ccccc1.CCC(C)CC(C)c1ccccc1.CCCC[S-].CCN(CC)c1nc(Cl)nc(N(CC)CC)n1.Clc1cc(-c2ccccn2)nc(-c2ccccn2)c1.Clc1cc2cccnc2c2ncccc12.[CH2-]C(CC(C)CC)c1ccccc1.[Li+].[Li+]. The second-order valence-corrected chi connectivity index (χ2v) is 23.0. The Balaban J connectivity index is 0.000000553. The summed E-state index contributed by atoms with van der Waals surface area (Å²) in [5.74, 6) is 5.01. The van der Waals surface area contributed by atoms with E-state index in [1.165, 1.54) is 55.2 Å². The molecule has 0 spiro atoms. The van der Waals surface area contributed by atoms with Gasteiger partial charge in [0.05, 0.1) is 38.8 Å². The molecule has 4 aromatic carbocycles. The molecular weight excluding hydrogens is 1220 g/mol. The van der Waals surface area contributed by atoms with Crippen LogP contribution < -0.4 is 47.5 Å². The van der Waals surface area contributed by atoms with Crippen LogP contribution in [0.25, 0.3) is 50.7 Å². The second-order valence-electron chi connectivity index (χ2n) is 21.5. The Morgan fingerprint density at radius 2 is 0.957 bits per heavy atom. The Labute approximate surface area is 603 Å². The monoisotopic (exact) mass is 1310 g/mol. The number of hydrogen-bond acceptors (Lipinski definition) is 11. The Bertz CT molecular complexity index is 3380. The quantitative estimate of drug-likeness (QED) is 0.0334. The van der Waals surface area contributed by atoms with E-state index in [0.717, 1.165) is 93.4 Å². The van der Waals surface area contributed by atoms with Gasteiger partial charge in [-0.15, -0.1) is 5.92 Å². The van der Waals surface area contributed by atoms with Crippen molar-refractivity contribution in [3.8, 4) is 22.8 Å². The molecule has 6 heterocycles. The number of fused-ring (bicyclic) bond motifs is 3. The molecule has 4 atom stereocenters. The summed E-state index contributed by atoms with van der Waals surface area (Å²) in [7, 11) is 0. The van der Waals surface area contributed by atoms with E-state index in [1.54, 1.807) is 36.9 Å². The molecule has 0 bridgehead atoms. The van der Waals surface area contributed by atoms with Crippen molar-refractivity contribution in [1.29, 1.82) is 0 Å². The zero-order valence-electron chi connectivity index (χ0n) is 56.6. The van der Waals surface area contributed by atoms with Gasteiger partial charge in [0, 0.05) is 66.8 Å². The van der Waals surface area contributed by atoms with Gasteiger partial charge >= 0.3 is 37.7 Å². The largest absolute Gasteiger partial charge is 1.00 e. The van der Waals surface area contributed by atoms with Gasteiger partial charge in [-0.25, -0.2) is 4.98 Å². The van der Waals surface area contributed by atoms with Crippen LogP contribution in [-0.2, 0) is 12.6 Å². The smallest absolute Gasteiger partial charge is 0.793 e. The third-order valence-corrected chi connectivity index (χ3v) is 15.7. The van der Waals surface area contributed by atoms with Crippen LogP contribution in [0.1, 0.15) is 144 Å². The minimum Gasteiger partial charge on any atom is -0.793 e. The zero-order chi connectivity index (χ0) is 65.5. The number of aromatic nitrogens is 8. The summed E-state index contributed by atoms with van der Waals surface area (Å²) in [5.41, 5.74) is 8.85. The maximum absolute atomic E-state index is 6.17. The second kappa shape index (κ2) is 49.5. The first-order valence-corrected chi connectivity index (χ1v) is 33.3. The third kappa shape index (κ3) is 30.9. The molecule has 0 aliphatic rings. The first-order chi connectivity index (χ1) is 43.7. The van der Waals surface area contributed by atoms with Gasteiger partial charge in [-0.05, 0) is 135 Å². The van der Waals surface area contributed by atoms with Gasteiger partial charge in [0.15, 0.2) is 0 Å². The van der Waals surface area contributed by atoms with Crippen molar-refractivity contribution in [2.75, 3.05) is 41.7 Å². The number of pyridine rings is 5. The van der Waals surface area contributed by atoms with Crippen LogP contribution in [0.3, 0.4) is 0 Å². The van der Waals surface area contributed by atoms with E-state index >= 15 is 0 Å². The van der Waals surface area contributed by atoms with Crippen LogP contribution in [0.4, 0.5) is 11.9 Å². The molecule has 6 aromatic heterocycles. The van der Waals surface area contributed by atoms with Crippen molar-refractivity contribution >= 4 is 87.2 Å². The molecule has 484 valence electrons. The molecule has 0 saturated heterocycles. The van der Waals surface area contributed by atoms with E-state index in [0.29, 0.717) is 28.8 Å². The normalized spacial score (nSPS) is 11.3. The molecule has 0 radical (unpaired) electrons. The van der Waals surface area contributed by atoms with Crippen LogP contribution in [0.5, 0.6) is 0 Å². The van der Waals surface area contributed by atoms with E-state index in [-0.39, 0.29) is 50.4 Å². The maximum atomic E-state index is 6.17. The molecule has 0 fully saturated rings. The summed E-state index contributed by atoms with van der Waals surface area (Å²) in [6.07, 6.45) is 16.3. The summed E-state index contributed by atoms with van der Waals surface area (Å²) in [6, 6.07) is 56.0. The number of rotatable bonds is 19. The Morgan fingerprint density at radius 1 is 0.505 bits per heavy atom. The molecule has 0 N–H and O–H groups in total. The van der Waals surface area contributed by atoms with Crippen molar-refractivity contribution in [2.45, 2.75) is 127 Å². The summed E-state index contributed by atoms with van der Waals surface area (Å²) in [5, 5.41) is 3.57. The first-order valence-electron chi connectivity index (χ1n) is 31.5. The molecule has 0 amide bonds. The number of nitrogens with zero attached hydrogens (tertiary/aromatic N) is 10. The molecule has 10 aromatic rings. The number of halogens is 3. The summed E-state index contributed by atoms with van der Waals surface area (Å²) in [4.78, 5) is 38.7. The minimum atomic E-state index is 0. The van der Waals surface area contributed by atoms with Gasteiger partial charge in [0.25, 0.3) is 0 Å². The van der Waals surface area contributed by atoms with Gasteiger partial charge in [0.2, 0.25) is 17.2 Å². The molecule has 93 heavy (non-hydrogen) atoms.